The van der Waals surface area contributed by atoms with E-state index in [1.807, 2.05) is 0 Å². The van der Waals surface area contributed by atoms with Crippen LogP contribution in [0.5, 0.6) is 0 Å². The summed E-state index contributed by atoms with van der Waals surface area (Å²) in [7, 11) is 1.40. The quantitative estimate of drug-likeness (QED) is 0.494. The van der Waals surface area contributed by atoms with Gasteiger partial charge in [-0.25, -0.2) is 9.37 Å². The molecule has 4 rings (SSSR count). The predicted octanol–water partition coefficient (Wildman–Crippen LogP) is 2.21. The van der Waals surface area contributed by atoms with E-state index in [9.17, 15) is 18.8 Å². The number of methoxy groups -OCH3 is 1. The van der Waals surface area contributed by atoms with E-state index in [1.54, 1.807) is 19.1 Å². The molecule has 11 heteroatoms. The Bertz CT molecular complexity index is 1250. The van der Waals surface area contributed by atoms with Crippen LogP contribution in [0, 0.1) is 24.6 Å². The van der Waals surface area contributed by atoms with Crippen LogP contribution in [0.3, 0.4) is 0 Å². The first kappa shape index (κ1) is 24.2. The van der Waals surface area contributed by atoms with Crippen LogP contribution < -0.4 is 10.6 Å². The number of hydrogen-bond acceptors (Lipinski definition) is 7. The van der Waals surface area contributed by atoms with Crippen LogP contribution in [0.15, 0.2) is 30.6 Å². The Kier molecular flexibility index (Phi) is 7.33. The first-order valence-corrected chi connectivity index (χ1v) is 11.5. The van der Waals surface area contributed by atoms with Gasteiger partial charge >= 0.3 is 5.97 Å². The number of rotatable bonds is 7. The zero-order chi connectivity index (χ0) is 24.9. The largest absolute Gasteiger partial charge is 0.469 e. The standard InChI is InChI=1S/C24H27FN6O4/c1-14-9-16(5-8-18(14)25)12-26-21(32)19-10-20(31-24(30-19)28-13-29-31)22(33)27-11-15-3-6-17(7-4-15)23(34)35-2/h5,8-10,13,15,17H,3-4,6-7,11-12H2,1-2H3,(H,26,32)(H,27,33). The number of carbonyl (C=O) groups is 3. The lowest BCUT2D eigenvalue weighted by Gasteiger charge is -2.26. The van der Waals surface area contributed by atoms with Crippen LogP contribution in [-0.2, 0) is 16.1 Å². The average molecular weight is 483 g/mol. The molecule has 1 saturated carbocycles. The van der Waals surface area contributed by atoms with E-state index < -0.39 is 11.8 Å². The number of fused-ring (bicyclic) bond motifs is 1. The van der Waals surface area contributed by atoms with Crippen LogP contribution >= 0.6 is 0 Å². The molecule has 0 radical (unpaired) electrons. The summed E-state index contributed by atoms with van der Waals surface area (Å²) in [6.45, 7) is 2.27. The van der Waals surface area contributed by atoms with Gasteiger partial charge in [-0.05, 0) is 55.7 Å². The second-order valence-corrected chi connectivity index (χ2v) is 8.72. The van der Waals surface area contributed by atoms with Crippen LogP contribution in [0.25, 0.3) is 5.78 Å². The Morgan fingerprint density at radius 2 is 1.89 bits per heavy atom. The number of carbonyl (C=O) groups excluding carboxylic acids is 3. The molecule has 1 aliphatic carbocycles. The number of nitrogens with one attached hydrogen (secondary N) is 2. The first-order chi connectivity index (χ1) is 16.9. The molecule has 1 fully saturated rings. The zero-order valence-electron chi connectivity index (χ0n) is 19.6. The number of benzene rings is 1. The highest BCUT2D eigenvalue weighted by atomic mass is 19.1. The molecule has 3 aromatic rings. The van der Waals surface area contributed by atoms with Crippen molar-refractivity contribution in [3.63, 3.8) is 0 Å². The smallest absolute Gasteiger partial charge is 0.308 e. The van der Waals surface area contributed by atoms with E-state index in [0.29, 0.717) is 12.1 Å². The third-order valence-corrected chi connectivity index (χ3v) is 6.33. The molecule has 35 heavy (non-hydrogen) atoms. The monoisotopic (exact) mass is 482 g/mol. The van der Waals surface area contributed by atoms with E-state index in [4.69, 9.17) is 4.74 Å². The summed E-state index contributed by atoms with van der Waals surface area (Å²) < 4.78 is 19.6. The van der Waals surface area contributed by atoms with Gasteiger partial charge < -0.3 is 15.4 Å². The minimum Gasteiger partial charge on any atom is -0.469 e. The third-order valence-electron chi connectivity index (χ3n) is 6.33. The van der Waals surface area contributed by atoms with E-state index >= 15 is 0 Å². The molecular weight excluding hydrogens is 455 g/mol. The van der Waals surface area contributed by atoms with Crippen molar-refractivity contribution in [2.24, 2.45) is 11.8 Å². The Labute approximate surface area is 201 Å². The number of hydrogen-bond donors (Lipinski definition) is 2. The molecule has 10 nitrogen and oxygen atoms in total. The van der Waals surface area contributed by atoms with Gasteiger partial charge in [-0.2, -0.15) is 14.6 Å². The van der Waals surface area contributed by atoms with Crippen molar-refractivity contribution in [3.8, 4) is 0 Å². The summed E-state index contributed by atoms with van der Waals surface area (Å²) in [5, 5.41) is 9.69. The van der Waals surface area contributed by atoms with Gasteiger partial charge in [0.05, 0.1) is 13.0 Å². The summed E-state index contributed by atoms with van der Waals surface area (Å²) in [4.78, 5) is 45.7. The molecule has 0 saturated heterocycles. The summed E-state index contributed by atoms with van der Waals surface area (Å²) in [5.41, 5.74) is 1.38. The lowest BCUT2D eigenvalue weighted by molar-refractivity contribution is -0.146. The Balaban J connectivity index is 1.41. The molecule has 0 unspecified atom stereocenters. The van der Waals surface area contributed by atoms with Crippen molar-refractivity contribution < 1.29 is 23.5 Å². The van der Waals surface area contributed by atoms with Crippen molar-refractivity contribution in [1.29, 1.82) is 0 Å². The molecule has 0 atom stereocenters. The molecule has 0 bridgehead atoms. The molecule has 0 aliphatic heterocycles. The predicted molar refractivity (Wildman–Crippen MR) is 123 cm³/mol. The maximum absolute atomic E-state index is 13.5. The highest BCUT2D eigenvalue weighted by molar-refractivity contribution is 5.98. The first-order valence-electron chi connectivity index (χ1n) is 11.5. The number of halogens is 1. The lowest BCUT2D eigenvalue weighted by Crippen LogP contribution is -2.34. The van der Waals surface area contributed by atoms with Crippen molar-refractivity contribution >= 4 is 23.6 Å². The maximum atomic E-state index is 13.5. The molecule has 0 spiro atoms. The molecule has 2 amide bonds. The fourth-order valence-corrected chi connectivity index (χ4v) is 4.28. The maximum Gasteiger partial charge on any atom is 0.308 e. The third kappa shape index (κ3) is 5.61. The van der Waals surface area contributed by atoms with Gasteiger partial charge in [0.1, 0.15) is 23.5 Å². The molecule has 1 aliphatic rings. The van der Waals surface area contributed by atoms with Gasteiger partial charge in [0, 0.05) is 19.2 Å². The van der Waals surface area contributed by atoms with Crippen molar-refractivity contribution in [3.05, 3.63) is 58.9 Å². The number of ether oxygens (including phenoxy) is 1. The fourth-order valence-electron chi connectivity index (χ4n) is 4.28. The SMILES string of the molecule is COC(=O)C1CCC(CNC(=O)c2cc(C(=O)NCc3ccc(F)c(C)c3)nc3ncnn23)CC1. The van der Waals surface area contributed by atoms with Gasteiger partial charge in [-0.3, -0.25) is 14.4 Å². The number of nitrogens with zero attached hydrogens (tertiary/aromatic N) is 4. The van der Waals surface area contributed by atoms with Gasteiger partial charge in [0.25, 0.3) is 17.6 Å². The van der Waals surface area contributed by atoms with Gasteiger partial charge in [0.2, 0.25) is 0 Å². The molecule has 2 N–H and O–H groups in total. The number of amides is 2. The normalized spacial score (nSPS) is 17.7. The van der Waals surface area contributed by atoms with Crippen LogP contribution in [0.1, 0.15) is 57.8 Å². The molecular formula is C24H27FN6O4. The minimum absolute atomic E-state index is 0.0214. The van der Waals surface area contributed by atoms with Crippen molar-refractivity contribution in [2.45, 2.75) is 39.2 Å². The molecule has 2 heterocycles. The van der Waals surface area contributed by atoms with Crippen LogP contribution in [0.4, 0.5) is 4.39 Å². The van der Waals surface area contributed by atoms with E-state index in [-0.39, 0.29) is 47.3 Å². The number of aryl methyl sites for hydroxylation is 1. The van der Waals surface area contributed by atoms with Crippen LogP contribution in [0.2, 0.25) is 0 Å². The van der Waals surface area contributed by atoms with E-state index in [1.165, 1.54) is 30.1 Å². The highest BCUT2D eigenvalue weighted by Crippen LogP contribution is 2.29. The van der Waals surface area contributed by atoms with Gasteiger partial charge in [0.15, 0.2) is 0 Å². The van der Waals surface area contributed by atoms with E-state index in [2.05, 4.69) is 25.7 Å². The minimum atomic E-state index is -0.493. The Morgan fingerprint density at radius 3 is 2.60 bits per heavy atom. The number of esters is 1. The zero-order valence-corrected chi connectivity index (χ0v) is 19.6. The van der Waals surface area contributed by atoms with Crippen molar-refractivity contribution in [1.82, 2.24) is 30.2 Å². The fraction of sp³-hybridized carbons (Fsp3) is 0.417. The summed E-state index contributed by atoms with van der Waals surface area (Å²) in [5.74, 6) is -1.10. The van der Waals surface area contributed by atoms with Crippen LogP contribution in [-0.4, -0.2) is 51.0 Å². The van der Waals surface area contributed by atoms with Gasteiger partial charge in [-0.15, -0.1) is 0 Å². The molecule has 2 aromatic heterocycles. The Morgan fingerprint density at radius 1 is 1.11 bits per heavy atom. The average Bonchev–Trinajstić information content (AvgIpc) is 3.36. The van der Waals surface area contributed by atoms with Crippen molar-refractivity contribution in [2.75, 3.05) is 13.7 Å². The second-order valence-electron chi connectivity index (χ2n) is 8.72. The Hall–Kier alpha value is -3.89. The van der Waals surface area contributed by atoms with Gasteiger partial charge in [-0.1, -0.05) is 12.1 Å². The number of aromatic nitrogens is 4. The topological polar surface area (TPSA) is 128 Å². The summed E-state index contributed by atoms with van der Waals surface area (Å²) in [6.07, 6.45) is 4.34. The summed E-state index contributed by atoms with van der Waals surface area (Å²) in [6, 6.07) is 5.97. The lowest BCUT2D eigenvalue weighted by atomic mass is 9.82. The summed E-state index contributed by atoms with van der Waals surface area (Å²) >= 11 is 0. The highest BCUT2D eigenvalue weighted by Gasteiger charge is 2.27. The second kappa shape index (κ2) is 10.6. The molecule has 1 aromatic carbocycles. The van der Waals surface area contributed by atoms with E-state index in [0.717, 1.165) is 31.2 Å². The molecule has 184 valence electrons.